The number of amides is 4. The zero-order chi connectivity index (χ0) is 92.0. The van der Waals surface area contributed by atoms with Crippen LogP contribution in [0.3, 0.4) is 0 Å². The van der Waals surface area contributed by atoms with Gasteiger partial charge in [0.2, 0.25) is 23.6 Å². The van der Waals surface area contributed by atoms with Crippen LogP contribution in [0.4, 0.5) is 0 Å². The molecule has 2 unspecified atom stereocenters. The summed E-state index contributed by atoms with van der Waals surface area (Å²) in [6.45, 7) is -9.87. The second kappa shape index (κ2) is 48.1. The van der Waals surface area contributed by atoms with Crippen LogP contribution in [-0.2, 0) is 109 Å². The lowest BCUT2D eigenvalue weighted by molar-refractivity contribution is -0.398. The Morgan fingerprint density at radius 1 is 0.363 bits per heavy atom. The number of carbonyl (C=O) groups excluding carboxylic acids is 4. The van der Waals surface area contributed by atoms with E-state index in [4.69, 9.17) is 85.4 Å². The molecule has 722 valence electrons. The molecule has 8 rings (SSSR count). The van der Waals surface area contributed by atoms with Gasteiger partial charge in [-0.05, 0) is 0 Å². The van der Waals surface area contributed by atoms with Crippen molar-refractivity contribution in [2.24, 2.45) is 0 Å². The molecule has 0 radical (unpaired) electrons. The first-order valence-corrected chi connectivity index (χ1v) is 40.7. The summed E-state index contributed by atoms with van der Waals surface area (Å²) in [7, 11) is -4.84. The van der Waals surface area contributed by atoms with Gasteiger partial charge in [-0.15, -0.1) is 0 Å². The maximum absolute atomic E-state index is 13.2. The van der Waals surface area contributed by atoms with E-state index in [0.717, 1.165) is 27.7 Å². The third kappa shape index (κ3) is 25.9. The summed E-state index contributed by atoms with van der Waals surface area (Å²) in [5.74, 6) is -3.80. The lowest BCUT2D eigenvalue weighted by atomic mass is 9.94. The number of aliphatic hydroxyl groups is 27. The summed E-state index contributed by atoms with van der Waals surface area (Å²) < 4.78 is 117. The average Bonchev–Trinajstić information content (AvgIpc) is 0.769. The summed E-state index contributed by atoms with van der Waals surface area (Å²) in [5, 5.41) is 310. The number of hydrogen-bond donors (Lipinski definition) is 33. The van der Waals surface area contributed by atoms with Crippen molar-refractivity contribution in [1.82, 2.24) is 26.6 Å². The van der Waals surface area contributed by atoms with Crippen LogP contribution in [0.2, 0.25) is 0 Å². The number of phosphoric acid groups is 1. The van der Waals surface area contributed by atoms with Crippen LogP contribution in [0.15, 0.2) is 0 Å². The van der Waals surface area contributed by atoms with E-state index in [1.54, 1.807) is 0 Å². The minimum atomic E-state index is -4.84. The van der Waals surface area contributed by atoms with E-state index in [9.17, 15) is 161 Å². The second-order valence-electron chi connectivity index (χ2n) is 30.4. The molecule has 0 aromatic carbocycles. The van der Waals surface area contributed by atoms with Crippen LogP contribution in [0.5, 0.6) is 0 Å². The van der Waals surface area contributed by atoms with Crippen LogP contribution >= 0.6 is 7.82 Å². The van der Waals surface area contributed by atoms with Crippen LogP contribution in [-0.4, -0.2) is 535 Å². The number of phosphoric ester groups is 1. The lowest BCUT2D eigenvalue weighted by Crippen LogP contribution is -2.70. The summed E-state index contributed by atoms with van der Waals surface area (Å²) >= 11 is 0. The number of hydrogen-bond acceptors (Lipinski definition) is 51. The second-order valence-corrected chi connectivity index (χ2v) is 31.8. The highest BCUT2D eigenvalue weighted by Crippen LogP contribution is 2.44. The van der Waals surface area contributed by atoms with E-state index in [-0.39, 0.29) is 6.54 Å². The highest BCUT2D eigenvalue weighted by atomic mass is 31.2. The van der Waals surface area contributed by atoms with Crippen molar-refractivity contribution in [3.63, 3.8) is 0 Å². The quantitative estimate of drug-likeness (QED) is 0.0199. The summed E-state index contributed by atoms with van der Waals surface area (Å²) in [6, 6.07) is -7.57. The predicted octanol–water partition coefficient (Wildman–Crippen LogP) is -21.3. The van der Waals surface area contributed by atoms with Gasteiger partial charge in [0, 0.05) is 40.8 Å². The Labute approximate surface area is 703 Å². The first-order valence-electron chi connectivity index (χ1n) is 39.2. The maximum atomic E-state index is 13.2. The third-order valence-electron chi connectivity index (χ3n) is 21.4. The molecule has 0 bridgehead atoms. The largest absolute Gasteiger partial charge is 0.472 e. The molecule has 8 aliphatic rings. The molecule has 124 heavy (non-hydrogen) atoms. The van der Waals surface area contributed by atoms with Gasteiger partial charge in [0.25, 0.3) is 0 Å². The molecule has 8 fully saturated rings. The van der Waals surface area contributed by atoms with Crippen LogP contribution in [0.1, 0.15) is 27.7 Å². The summed E-state index contributed by atoms with van der Waals surface area (Å²) in [4.78, 5) is 61.7. The lowest BCUT2D eigenvalue weighted by Gasteiger charge is -2.51. The highest BCUT2D eigenvalue weighted by Gasteiger charge is 2.61. The van der Waals surface area contributed by atoms with Gasteiger partial charge in [-0.1, -0.05) is 0 Å². The van der Waals surface area contributed by atoms with Crippen molar-refractivity contribution in [3.8, 4) is 0 Å². The molecule has 8 aliphatic heterocycles. The van der Waals surface area contributed by atoms with Gasteiger partial charge < -0.3 is 245 Å². The molecule has 0 spiro atoms. The third-order valence-corrected chi connectivity index (χ3v) is 22.3. The van der Waals surface area contributed by atoms with Gasteiger partial charge in [-0.2, -0.15) is 0 Å². The van der Waals surface area contributed by atoms with Crippen molar-refractivity contribution >= 4 is 31.5 Å². The Morgan fingerprint density at radius 2 is 0.718 bits per heavy atom. The van der Waals surface area contributed by atoms with Gasteiger partial charge in [0.05, 0.1) is 85.3 Å². The van der Waals surface area contributed by atoms with E-state index in [1.807, 2.05) is 0 Å². The first kappa shape index (κ1) is 106. The number of aliphatic hydroxyl groups excluding tert-OH is 27. The Bertz CT molecular complexity index is 3300. The zero-order valence-corrected chi connectivity index (χ0v) is 67.6. The molecular formula is C67H118N5O51P. The van der Waals surface area contributed by atoms with Crippen molar-refractivity contribution in [2.45, 2.75) is 304 Å². The highest BCUT2D eigenvalue weighted by molar-refractivity contribution is 7.47. The smallest absolute Gasteiger partial charge is 0.394 e. The maximum Gasteiger partial charge on any atom is 0.472 e. The van der Waals surface area contributed by atoms with Crippen LogP contribution < -0.4 is 26.6 Å². The SMILES string of the molecule is CC(=O)N[C@H]1[C@H](O[C@@H]([C@H](O)[C@H](CNCCOP(=O)(O)OCC(O)CO)NC(C)=O)[C@H](O)CO)O[C@H](CO)[C@@H](O[C@@H]2O[C@H](CO[C@H]3O[C@H](CO)[C@@H](O)[C@H](O)[C@@H]3O[C@@H]3O[C@H](CO)[C@@H](O[C@@H]4O[C@H](CO)[C@H](O)[C@H](O)[C@H]4O)[C@H](O)[C@H]3NC(C)=O)[C@@H](O)[C@H](O[C@H]3O[C@H](CO)[C@@H](O)[C@H](O)[C@@H]3O[C@@H]3O[C@H](CO)[C@@H](O[C@@H]4O[C@H](CO)[C@H](O)[C@H](O)[C@H]4O)[C@H](O)[C@H]3NC(C)=O)[C@@H]2O)[C@@H]1O. The molecule has 57 heteroatoms. The fourth-order valence-corrected chi connectivity index (χ4v) is 15.6. The van der Waals surface area contributed by atoms with Gasteiger partial charge in [0.1, 0.15) is 220 Å². The number of ether oxygens (including phenoxy) is 16. The molecule has 0 aromatic rings. The van der Waals surface area contributed by atoms with Gasteiger partial charge in [0.15, 0.2) is 50.3 Å². The number of rotatable bonds is 42. The standard InChI is InChI=1S/C67H118N5O51P/c1-19(82)69-24(7-68-5-6-107-124(104,105)108-17-23(86)8-73)37(88)53(25(87)9-74)117-60-34(70-20(2)83)43(94)56(32(16-81)113-60)120-65-52(103)57(121-67-59(49(100)41(92)29(13-78)112-67)123-62-36(72-22(4)85)45(96)55(31(15-80)115-62)119-64-51(102)47(98)39(90)27(11-76)110-64)42(93)33(116-65)18-106-66-58(48(99)40(91)28(12-77)111-66)122-61-35(71-21(3)84)44(95)54(30(14-79)114-61)118-63-50(101)46(97)38(89)26(10-75)109-63/h23-68,73-81,86-103H,5-18H2,1-4H3,(H,69,82)(H,70,83)(H,71,84)(H,72,85)(H,104,105)/t23?,24-,25+,26+,27+,28+,29+,30+,31+,32+,33+,34+,35+,36+,37+,38-,39-,40+,41+,42+,43+,44+,45+,46-,47-,48-,49-,50+,51+,52-,53+,54+,55+,56+,57-,58-,59-,60-,61-,62-,63-,64-,65-,66-,67+/m0/s1. The molecule has 0 saturated carbocycles. The minimum Gasteiger partial charge on any atom is -0.394 e. The molecule has 0 aliphatic carbocycles. The van der Waals surface area contributed by atoms with Gasteiger partial charge in [-0.25, -0.2) is 4.57 Å². The van der Waals surface area contributed by atoms with E-state index in [0.29, 0.717) is 0 Å². The fourth-order valence-electron chi connectivity index (χ4n) is 14.8. The van der Waals surface area contributed by atoms with Gasteiger partial charge >= 0.3 is 7.82 Å². The first-order chi connectivity index (χ1) is 58.6. The zero-order valence-electron chi connectivity index (χ0n) is 66.7. The topological polar surface area (TPSA) is 878 Å². The summed E-state index contributed by atoms with van der Waals surface area (Å²) in [6.07, 6.45) is -87.6. The molecule has 0 aromatic heterocycles. The van der Waals surface area contributed by atoms with Crippen LogP contribution in [0, 0.1) is 0 Å². The Morgan fingerprint density at radius 3 is 1.12 bits per heavy atom. The van der Waals surface area contributed by atoms with Crippen LogP contribution in [0.25, 0.3) is 0 Å². The molecule has 4 amide bonds. The van der Waals surface area contributed by atoms with Crippen molar-refractivity contribution in [2.75, 3.05) is 92.4 Å². The summed E-state index contributed by atoms with van der Waals surface area (Å²) in [5.41, 5.74) is 0. The van der Waals surface area contributed by atoms with E-state index >= 15 is 0 Å². The molecule has 8 saturated heterocycles. The molecule has 8 heterocycles. The molecule has 46 atom stereocenters. The molecule has 33 N–H and O–H groups in total. The number of nitrogens with one attached hydrogen (secondary N) is 5. The van der Waals surface area contributed by atoms with Gasteiger partial charge in [-0.3, -0.25) is 28.2 Å². The normalized spacial score (nSPS) is 43.5. The monoisotopic (exact) mass is 1840 g/mol. The molecule has 56 nitrogen and oxygen atoms in total. The van der Waals surface area contributed by atoms with E-state index in [1.165, 1.54) is 0 Å². The Hall–Kier alpha value is -3.77. The number of carbonyl (C=O) groups is 4. The Kier molecular flexibility index (Phi) is 40.9. The predicted molar refractivity (Wildman–Crippen MR) is 386 cm³/mol. The average molecular weight is 1840 g/mol. The Balaban J connectivity index is 1.14. The fraction of sp³-hybridized carbons (Fsp3) is 0.940. The van der Waals surface area contributed by atoms with Crippen molar-refractivity contribution in [3.05, 3.63) is 0 Å². The van der Waals surface area contributed by atoms with Crippen molar-refractivity contribution in [1.29, 1.82) is 0 Å². The minimum absolute atomic E-state index is 0.365. The van der Waals surface area contributed by atoms with E-state index < -0.39 is 393 Å². The van der Waals surface area contributed by atoms with E-state index in [2.05, 4.69) is 31.1 Å². The van der Waals surface area contributed by atoms with Crippen molar-refractivity contribution < 1.29 is 251 Å². The molecular weight excluding hydrogens is 1720 g/mol.